The summed E-state index contributed by atoms with van der Waals surface area (Å²) in [5, 5.41) is 5.15. The van der Waals surface area contributed by atoms with Gasteiger partial charge in [0.25, 0.3) is 0 Å². The first-order valence-electron chi connectivity index (χ1n) is 12.6. The van der Waals surface area contributed by atoms with Crippen molar-refractivity contribution in [1.29, 1.82) is 0 Å². The number of piperidine rings is 1. The van der Waals surface area contributed by atoms with Crippen LogP contribution in [0.15, 0.2) is 61.4 Å². The average molecular weight is 545 g/mol. The minimum absolute atomic E-state index is 0.0431. The standard InChI is InChI=1S/C29H26F2N6O3/c1-2-26(38)36-12-4-8-21(16-36)37-29-27(28(32)33-18-34-29)24(35-37)9-5-13-39-25-15-22(10-11-23(25)31)40-17-19-6-3-7-20(30)14-19/h2-3,6-7,10-11,14-15,18,21H,1,4,8,12-13,16-17H2,(H2,32,33,34)/t21-/m1/s1. The molecule has 2 N–H and O–H groups in total. The summed E-state index contributed by atoms with van der Waals surface area (Å²) in [6, 6.07) is 10.0. The Balaban J connectivity index is 1.31. The zero-order chi connectivity index (χ0) is 28.1. The Kier molecular flexibility index (Phi) is 7.87. The summed E-state index contributed by atoms with van der Waals surface area (Å²) in [5.41, 5.74) is 7.66. The van der Waals surface area contributed by atoms with Gasteiger partial charge < -0.3 is 20.1 Å². The molecule has 204 valence electrons. The molecule has 9 nitrogen and oxygen atoms in total. The molecule has 1 fully saturated rings. The third-order valence-electron chi connectivity index (χ3n) is 6.45. The van der Waals surface area contributed by atoms with E-state index in [1.54, 1.807) is 21.7 Å². The minimum atomic E-state index is -0.580. The van der Waals surface area contributed by atoms with Crippen molar-refractivity contribution in [2.45, 2.75) is 25.5 Å². The van der Waals surface area contributed by atoms with Gasteiger partial charge in [0.2, 0.25) is 5.91 Å². The molecule has 2 aromatic carbocycles. The summed E-state index contributed by atoms with van der Waals surface area (Å²) in [5.74, 6) is 5.25. The number of halogens is 2. The maximum Gasteiger partial charge on any atom is 0.246 e. The fourth-order valence-electron chi connectivity index (χ4n) is 4.53. The predicted octanol–water partition coefficient (Wildman–Crippen LogP) is 4.05. The van der Waals surface area contributed by atoms with Crippen molar-refractivity contribution in [3.8, 4) is 23.3 Å². The number of amides is 1. The van der Waals surface area contributed by atoms with Crippen LogP contribution in [0.1, 0.15) is 30.1 Å². The highest BCUT2D eigenvalue weighted by atomic mass is 19.1. The Hall–Kier alpha value is -4.98. The number of carbonyl (C=O) groups is 1. The zero-order valence-electron chi connectivity index (χ0n) is 21.5. The normalized spacial score (nSPS) is 14.8. The molecule has 1 amide bonds. The first-order valence-corrected chi connectivity index (χ1v) is 12.6. The monoisotopic (exact) mass is 544 g/mol. The van der Waals surface area contributed by atoms with Crippen molar-refractivity contribution in [3.05, 3.63) is 84.3 Å². The molecule has 2 aromatic heterocycles. The van der Waals surface area contributed by atoms with E-state index in [9.17, 15) is 13.6 Å². The van der Waals surface area contributed by atoms with Gasteiger partial charge in [0, 0.05) is 19.2 Å². The SMILES string of the molecule is C=CC(=O)N1CCC[C@@H](n2nc(C#CCOc3cc(OCc4cccc(F)c4)ccc3F)c3c(N)ncnc32)C1. The lowest BCUT2D eigenvalue weighted by atomic mass is 10.1. The van der Waals surface area contributed by atoms with E-state index in [-0.39, 0.29) is 42.5 Å². The van der Waals surface area contributed by atoms with Crippen molar-refractivity contribution in [2.24, 2.45) is 0 Å². The van der Waals surface area contributed by atoms with E-state index >= 15 is 0 Å². The van der Waals surface area contributed by atoms with Crippen LogP contribution in [-0.2, 0) is 11.4 Å². The molecule has 0 spiro atoms. The van der Waals surface area contributed by atoms with E-state index in [0.717, 1.165) is 12.8 Å². The second-order valence-electron chi connectivity index (χ2n) is 9.14. The number of ether oxygens (including phenoxy) is 2. The average Bonchev–Trinajstić information content (AvgIpc) is 3.35. The van der Waals surface area contributed by atoms with Crippen molar-refractivity contribution < 1.29 is 23.0 Å². The molecule has 3 heterocycles. The number of carbonyl (C=O) groups excluding carboxylic acids is 1. The molecule has 0 bridgehead atoms. The second kappa shape index (κ2) is 11.8. The highest BCUT2D eigenvalue weighted by molar-refractivity contribution is 5.90. The van der Waals surface area contributed by atoms with Crippen LogP contribution in [0.2, 0.25) is 0 Å². The fraction of sp³-hybridized carbons (Fsp3) is 0.241. The quantitative estimate of drug-likeness (QED) is 0.276. The van der Waals surface area contributed by atoms with Gasteiger partial charge >= 0.3 is 0 Å². The zero-order valence-corrected chi connectivity index (χ0v) is 21.5. The number of hydrogen-bond donors (Lipinski definition) is 1. The molecule has 40 heavy (non-hydrogen) atoms. The number of fused-ring (bicyclic) bond motifs is 1. The van der Waals surface area contributed by atoms with Gasteiger partial charge in [-0.15, -0.1) is 0 Å². The maximum atomic E-state index is 14.4. The maximum absolute atomic E-state index is 14.4. The summed E-state index contributed by atoms with van der Waals surface area (Å²) < 4.78 is 40.7. The Morgan fingerprint density at radius 1 is 1.20 bits per heavy atom. The third-order valence-corrected chi connectivity index (χ3v) is 6.45. The summed E-state index contributed by atoms with van der Waals surface area (Å²) >= 11 is 0. The third kappa shape index (κ3) is 5.86. The van der Waals surface area contributed by atoms with Gasteiger partial charge in [-0.1, -0.05) is 24.6 Å². The number of nitrogen functional groups attached to an aromatic ring is 1. The van der Waals surface area contributed by atoms with Crippen LogP contribution >= 0.6 is 0 Å². The Morgan fingerprint density at radius 2 is 2.08 bits per heavy atom. The first-order chi connectivity index (χ1) is 19.4. The second-order valence-corrected chi connectivity index (χ2v) is 9.14. The van der Waals surface area contributed by atoms with E-state index in [2.05, 4.69) is 33.5 Å². The van der Waals surface area contributed by atoms with Gasteiger partial charge in [-0.2, -0.15) is 5.10 Å². The number of nitrogens with two attached hydrogens (primary N) is 1. The van der Waals surface area contributed by atoms with E-state index < -0.39 is 5.82 Å². The number of rotatable bonds is 7. The number of likely N-dealkylation sites (tertiary alicyclic amines) is 1. The van der Waals surface area contributed by atoms with Gasteiger partial charge in [-0.25, -0.2) is 23.4 Å². The van der Waals surface area contributed by atoms with E-state index in [1.807, 2.05) is 0 Å². The minimum Gasteiger partial charge on any atom is -0.489 e. The Labute approximate surface area is 229 Å². The van der Waals surface area contributed by atoms with Gasteiger partial charge in [0.15, 0.2) is 17.2 Å². The molecular weight excluding hydrogens is 518 g/mol. The highest BCUT2D eigenvalue weighted by Crippen LogP contribution is 2.28. The predicted molar refractivity (Wildman–Crippen MR) is 144 cm³/mol. The van der Waals surface area contributed by atoms with Crippen LogP contribution in [0.5, 0.6) is 11.5 Å². The number of benzene rings is 2. The van der Waals surface area contributed by atoms with E-state index in [0.29, 0.717) is 41.1 Å². The summed E-state index contributed by atoms with van der Waals surface area (Å²) in [7, 11) is 0. The van der Waals surface area contributed by atoms with Crippen molar-refractivity contribution in [2.75, 3.05) is 25.4 Å². The summed E-state index contributed by atoms with van der Waals surface area (Å²) in [4.78, 5) is 22.3. The number of hydrogen-bond acceptors (Lipinski definition) is 7. The molecule has 0 saturated carbocycles. The topological polar surface area (TPSA) is 108 Å². The molecule has 4 aromatic rings. The molecule has 1 saturated heterocycles. The van der Waals surface area contributed by atoms with Gasteiger partial charge in [-0.3, -0.25) is 4.79 Å². The van der Waals surface area contributed by atoms with Crippen molar-refractivity contribution in [1.82, 2.24) is 24.6 Å². The largest absolute Gasteiger partial charge is 0.489 e. The van der Waals surface area contributed by atoms with Crippen LogP contribution in [0, 0.1) is 23.5 Å². The van der Waals surface area contributed by atoms with Gasteiger partial charge in [0.1, 0.15) is 42.6 Å². The smallest absolute Gasteiger partial charge is 0.246 e. The molecule has 1 aliphatic heterocycles. The summed E-state index contributed by atoms with van der Waals surface area (Å²) in [6.45, 7) is 4.65. The lowest BCUT2D eigenvalue weighted by Crippen LogP contribution is -2.40. The van der Waals surface area contributed by atoms with Crippen LogP contribution < -0.4 is 15.2 Å². The number of aromatic nitrogens is 4. The number of anilines is 1. The molecule has 0 unspecified atom stereocenters. The fourth-order valence-corrected chi connectivity index (χ4v) is 4.53. The van der Waals surface area contributed by atoms with Gasteiger partial charge in [0.05, 0.1) is 11.4 Å². The Bertz CT molecular complexity index is 1630. The molecule has 1 atom stereocenters. The lowest BCUT2D eigenvalue weighted by Gasteiger charge is -2.32. The molecular formula is C29H26F2N6O3. The van der Waals surface area contributed by atoms with Gasteiger partial charge in [-0.05, 0) is 54.7 Å². The molecule has 0 radical (unpaired) electrons. The van der Waals surface area contributed by atoms with E-state index in [1.165, 1.54) is 42.7 Å². The van der Waals surface area contributed by atoms with Crippen LogP contribution in [0.25, 0.3) is 11.0 Å². The number of nitrogens with zero attached hydrogens (tertiary/aromatic N) is 5. The highest BCUT2D eigenvalue weighted by Gasteiger charge is 2.27. The first kappa shape index (κ1) is 26.6. The van der Waals surface area contributed by atoms with Crippen LogP contribution in [-0.4, -0.2) is 50.3 Å². The molecule has 1 aliphatic rings. The van der Waals surface area contributed by atoms with Crippen LogP contribution in [0.3, 0.4) is 0 Å². The molecule has 5 rings (SSSR count). The summed E-state index contributed by atoms with van der Waals surface area (Å²) in [6.07, 6.45) is 4.26. The van der Waals surface area contributed by atoms with Crippen molar-refractivity contribution >= 4 is 22.8 Å². The molecule has 11 heteroatoms. The van der Waals surface area contributed by atoms with Crippen LogP contribution in [0.4, 0.5) is 14.6 Å². The van der Waals surface area contributed by atoms with E-state index in [4.69, 9.17) is 15.2 Å². The van der Waals surface area contributed by atoms with Crippen molar-refractivity contribution in [3.63, 3.8) is 0 Å². The Morgan fingerprint density at radius 3 is 2.90 bits per heavy atom. The lowest BCUT2D eigenvalue weighted by molar-refractivity contribution is -0.127. The molecule has 0 aliphatic carbocycles.